The second kappa shape index (κ2) is 4.61. The van der Waals surface area contributed by atoms with Gasteiger partial charge in [-0.05, 0) is 36.8 Å². The Morgan fingerprint density at radius 3 is 2.65 bits per heavy atom. The first-order valence-electron chi connectivity index (χ1n) is 6.41. The summed E-state index contributed by atoms with van der Waals surface area (Å²) < 4.78 is 0. The van der Waals surface area contributed by atoms with Crippen molar-refractivity contribution in [2.75, 3.05) is 6.54 Å². The van der Waals surface area contributed by atoms with Crippen LogP contribution < -0.4 is 5.73 Å². The molecule has 1 saturated carbocycles. The molecule has 1 aliphatic rings. The van der Waals surface area contributed by atoms with Gasteiger partial charge in [0.2, 0.25) is 0 Å². The molecule has 0 radical (unpaired) electrons. The quantitative estimate of drug-likeness (QED) is 0.792. The fourth-order valence-corrected chi connectivity index (χ4v) is 2.29. The zero-order valence-corrected chi connectivity index (χ0v) is 10.7. The third kappa shape index (κ3) is 2.58. The molecule has 0 atom stereocenters. The molecule has 2 heteroatoms. The second-order valence-corrected chi connectivity index (χ2v) is 5.61. The average Bonchev–Trinajstić information content (AvgIpc) is 3.08. The molecule has 2 rings (SSSR count). The molecule has 0 amide bonds. The lowest BCUT2D eigenvalue weighted by Gasteiger charge is -2.12. The van der Waals surface area contributed by atoms with Crippen molar-refractivity contribution < 1.29 is 4.79 Å². The van der Waals surface area contributed by atoms with Crippen molar-refractivity contribution in [1.82, 2.24) is 0 Å². The lowest BCUT2D eigenvalue weighted by atomic mass is 9.92. The predicted molar refractivity (Wildman–Crippen MR) is 70.0 cm³/mol. The molecule has 2 nitrogen and oxygen atoms in total. The smallest absolute Gasteiger partial charge is 0.170 e. The Kier molecular flexibility index (Phi) is 3.34. The van der Waals surface area contributed by atoms with Gasteiger partial charge in [0.1, 0.15) is 0 Å². The highest BCUT2D eigenvalue weighted by atomic mass is 16.1. The van der Waals surface area contributed by atoms with E-state index >= 15 is 0 Å². The maximum Gasteiger partial charge on any atom is 0.170 e. The summed E-state index contributed by atoms with van der Waals surface area (Å²) in [5, 5.41) is 0. The highest BCUT2D eigenvalue weighted by Gasteiger charge is 2.48. The van der Waals surface area contributed by atoms with E-state index in [0.717, 1.165) is 24.8 Å². The van der Waals surface area contributed by atoms with Crippen LogP contribution in [0.2, 0.25) is 0 Å². The summed E-state index contributed by atoms with van der Waals surface area (Å²) in [6.07, 6.45) is 2.93. The van der Waals surface area contributed by atoms with E-state index in [1.807, 2.05) is 18.2 Å². The number of benzene rings is 1. The van der Waals surface area contributed by atoms with Crippen molar-refractivity contribution in [1.29, 1.82) is 0 Å². The van der Waals surface area contributed by atoms with E-state index < -0.39 is 0 Å². The monoisotopic (exact) mass is 231 g/mol. The first-order chi connectivity index (χ1) is 8.07. The Balaban J connectivity index is 2.19. The van der Waals surface area contributed by atoms with Gasteiger partial charge in [-0.25, -0.2) is 0 Å². The van der Waals surface area contributed by atoms with E-state index in [1.54, 1.807) is 0 Å². The molecular weight excluding hydrogens is 210 g/mol. The zero-order chi connectivity index (χ0) is 12.5. The summed E-state index contributed by atoms with van der Waals surface area (Å²) in [5.41, 5.74) is 7.57. The number of hydrogen-bond acceptors (Lipinski definition) is 2. The highest BCUT2D eigenvalue weighted by Crippen LogP contribution is 2.47. The third-order valence-electron chi connectivity index (χ3n) is 3.56. The first kappa shape index (κ1) is 12.3. The van der Waals surface area contributed by atoms with Crippen molar-refractivity contribution in [3.05, 3.63) is 35.4 Å². The van der Waals surface area contributed by atoms with Gasteiger partial charge in [-0.15, -0.1) is 0 Å². The Morgan fingerprint density at radius 1 is 1.41 bits per heavy atom. The van der Waals surface area contributed by atoms with Crippen LogP contribution in [0.5, 0.6) is 0 Å². The first-order valence-corrected chi connectivity index (χ1v) is 6.41. The molecule has 92 valence electrons. The largest absolute Gasteiger partial charge is 0.329 e. The Morgan fingerprint density at radius 2 is 2.12 bits per heavy atom. The fraction of sp³-hybridized carbons (Fsp3) is 0.533. The van der Waals surface area contributed by atoms with E-state index in [2.05, 4.69) is 19.9 Å². The van der Waals surface area contributed by atoms with Gasteiger partial charge in [-0.3, -0.25) is 4.79 Å². The van der Waals surface area contributed by atoms with Gasteiger partial charge < -0.3 is 5.73 Å². The average molecular weight is 231 g/mol. The summed E-state index contributed by atoms with van der Waals surface area (Å²) >= 11 is 0. The van der Waals surface area contributed by atoms with Crippen LogP contribution in [0.4, 0.5) is 0 Å². The summed E-state index contributed by atoms with van der Waals surface area (Å²) in [7, 11) is 0. The zero-order valence-electron chi connectivity index (χ0n) is 10.7. The van der Waals surface area contributed by atoms with Crippen LogP contribution in [-0.4, -0.2) is 12.3 Å². The van der Waals surface area contributed by atoms with Crippen LogP contribution in [0.1, 0.15) is 42.6 Å². The van der Waals surface area contributed by atoms with Gasteiger partial charge in [-0.2, -0.15) is 0 Å². The van der Waals surface area contributed by atoms with E-state index in [-0.39, 0.29) is 11.2 Å². The van der Waals surface area contributed by atoms with Crippen molar-refractivity contribution in [3.8, 4) is 0 Å². The number of nitrogens with two attached hydrogens (primary N) is 1. The molecule has 1 aromatic rings. The fourth-order valence-electron chi connectivity index (χ4n) is 2.29. The Hall–Kier alpha value is -1.15. The van der Waals surface area contributed by atoms with Crippen LogP contribution in [0.15, 0.2) is 24.3 Å². The molecule has 1 aromatic carbocycles. The van der Waals surface area contributed by atoms with E-state index in [0.29, 0.717) is 12.5 Å². The van der Waals surface area contributed by atoms with Crippen molar-refractivity contribution in [2.45, 2.75) is 33.1 Å². The van der Waals surface area contributed by atoms with Gasteiger partial charge in [-0.1, -0.05) is 32.0 Å². The van der Waals surface area contributed by atoms with E-state index in [9.17, 15) is 4.79 Å². The lowest BCUT2D eigenvalue weighted by molar-refractivity contribution is 0.0905. The van der Waals surface area contributed by atoms with Crippen molar-refractivity contribution >= 4 is 5.78 Å². The molecule has 0 heterocycles. The predicted octanol–water partition coefficient (Wildman–Crippen LogP) is 2.81. The van der Waals surface area contributed by atoms with Gasteiger partial charge >= 0.3 is 0 Å². The molecule has 1 fully saturated rings. The van der Waals surface area contributed by atoms with Crippen LogP contribution in [-0.2, 0) is 6.42 Å². The van der Waals surface area contributed by atoms with Gasteiger partial charge in [0.25, 0.3) is 0 Å². The second-order valence-electron chi connectivity index (χ2n) is 5.61. The molecule has 0 aromatic heterocycles. The minimum atomic E-state index is -0.226. The van der Waals surface area contributed by atoms with Gasteiger partial charge in [0, 0.05) is 17.5 Å². The summed E-state index contributed by atoms with van der Waals surface area (Å²) in [5.74, 6) is 0.857. The minimum absolute atomic E-state index is 0.226. The number of hydrogen-bond donors (Lipinski definition) is 1. The third-order valence-corrected chi connectivity index (χ3v) is 3.56. The molecule has 0 spiro atoms. The number of carbonyl (C=O) groups is 1. The van der Waals surface area contributed by atoms with E-state index in [1.165, 1.54) is 5.56 Å². The maximum atomic E-state index is 12.3. The summed E-state index contributed by atoms with van der Waals surface area (Å²) in [4.78, 5) is 12.3. The topological polar surface area (TPSA) is 43.1 Å². The Bertz CT molecular complexity index is 419. The number of rotatable bonds is 5. The summed E-state index contributed by atoms with van der Waals surface area (Å²) in [6, 6.07) is 8.04. The molecule has 2 N–H and O–H groups in total. The number of carbonyl (C=O) groups excluding carboxylic acids is 1. The van der Waals surface area contributed by atoms with Crippen molar-refractivity contribution in [3.63, 3.8) is 0 Å². The normalized spacial score (nSPS) is 17.2. The molecule has 0 unspecified atom stereocenters. The number of Topliss-reactive ketones (excluding diaryl/α,β-unsaturated/α-hetero) is 1. The molecule has 0 bridgehead atoms. The molecule has 1 aliphatic carbocycles. The molecule has 17 heavy (non-hydrogen) atoms. The minimum Gasteiger partial charge on any atom is -0.329 e. The highest BCUT2D eigenvalue weighted by molar-refractivity contribution is 6.02. The summed E-state index contributed by atoms with van der Waals surface area (Å²) in [6.45, 7) is 4.87. The molecule has 0 aliphatic heterocycles. The standard InChI is InChI=1S/C15H21NO/c1-11(2)8-12-4-3-5-13(9-12)14(17)15(10-16)6-7-15/h3-5,9,11H,6-8,10,16H2,1-2H3. The lowest BCUT2D eigenvalue weighted by Crippen LogP contribution is -2.25. The van der Waals surface area contributed by atoms with Crippen LogP contribution in [0, 0.1) is 11.3 Å². The van der Waals surface area contributed by atoms with Crippen LogP contribution in [0.3, 0.4) is 0 Å². The molecular formula is C15H21NO. The SMILES string of the molecule is CC(C)Cc1cccc(C(=O)C2(CN)CC2)c1. The molecule has 0 saturated heterocycles. The van der Waals surface area contributed by atoms with Crippen LogP contribution >= 0.6 is 0 Å². The number of ketones is 1. The van der Waals surface area contributed by atoms with E-state index in [4.69, 9.17) is 5.73 Å². The van der Waals surface area contributed by atoms with Crippen molar-refractivity contribution in [2.24, 2.45) is 17.1 Å². The van der Waals surface area contributed by atoms with Gasteiger partial charge in [0.15, 0.2) is 5.78 Å². The Labute approximate surface area is 103 Å². The van der Waals surface area contributed by atoms with Gasteiger partial charge in [0.05, 0.1) is 0 Å². The van der Waals surface area contributed by atoms with Crippen LogP contribution in [0.25, 0.3) is 0 Å². The maximum absolute atomic E-state index is 12.3.